The molecule has 1 aliphatic carbocycles. The van der Waals surface area contributed by atoms with Gasteiger partial charge in [0.1, 0.15) is 16.6 Å². The Morgan fingerprint density at radius 3 is 3.00 bits per heavy atom. The number of ether oxygens (including phenoxy) is 1. The fraction of sp³-hybridized carbons (Fsp3) is 0.333. The molecule has 0 aromatic carbocycles. The van der Waals surface area contributed by atoms with Gasteiger partial charge in [-0.15, -0.1) is 0 Å². The molecule has 2 unspecified atom stereocenters. The molecule has 0 aromatic rings. The van der Waals surface area contributed by atoms with Crippen molar-refractivity contribution in [3.8, 4) is 0 Å². The first-order chi connectivity index (χ1) is 8.13. The van der Waals surface area contributed by atoms with Crippen LogP contribution in [0.4, 0.5) is 0 Å². The van der Waals surface area contributed by atoms with Crippen molar-refractivity contribution in [1.82, 2.24) is 0 Å². The topological polar surface area (TPSA) is 58.9 Å². The van der Waals surface area contributed by atoms with Crippen LogP contribution in [0.15, 0.2) is 40.2 Å². The number of nitrogens with zero attached hydrogens (tertiary/aromatic N) is 1. The number of hydrogen-bond acceptors (Lipinski definition) is 3. The molecule has 0 saturated heterocycles. The van der Waals surface area contributed by atoms with Gasteiger partial charge in [0.25, 0.3) is 0 Å². The van der Waals surface area contributed by atoms with E-state index in [9.17, 15) is 4.79 Å². The fourth-order valence-corrected chi connectivity index (χ4v) is 2.23. The van der Waals surface area contributed by atoms with Gasteiger partial charge in [-0.05, 0) is 19.1 Å². The highest BCUT2D eigenvalue weighted by Gasteiger charge is 2.35. The summed E-state index contributed by atoms with van der Waals surface area (Å²) in [5, 5.41) is 9.30. The van der Waals surface area contributed by atoms with Gasteiger partial charge in [0.2, 0.25) is 0 Å². The molecule has 0 amide bonds. The minimum absolute atomic E-state index is 0.0593. The Morgan fingerprint density at radius 2 is 2.35 bits per heavy atom. The SMILES string of the molecule is CCOC1=CC=CC2C(C(=O)O)=NC(Cl)=CC12. The highest BCUT2D eigenvalue weighted by molar-refractivity contribution is 6.40. The van der Waals surface area contributed by atoms with Crippen LogP contribution in [0.25, 0.3) is 0 Å². The average molecular weight is 254 g/mol. The third kappa shape index (κ3) is 2.26. The van der Waals surface area contributed by atoms with Crippen LogP contribution in [0.1, 0.15) is 6.92 Å². The zero-order valence-corrected chi connectivity index (χ0v) is 10.0. The molecule has 2 aliphatic rings. The number of carboxylic acid groups (broad SMARTS) is 1. The lowest BCUT2D eigenvalue weighted by Crippen LogP contribution is -2.32. The Bertz CT molecular complexity index is 462. The molecule has 17 heavy (non-hydrogen) atoms. The number of rotatable bonds is 3. The summed E-state index contributed by atoms with van der Waals surface area (Å²) in [6.07, 6.45) is 7.15. The van der Waals surface area contributed by atoms with Crippen LogP contribution >= 0.6 is 11.6 Å². The molecule has 0 fully saturated rings. The number of carbonyl (C=O) groups is 1. The van der Waals surface area contributed by atoms with Crippen molar-refractivity contribution in [2.45, 2.75) is 6.92 Å². The normalized spacial score (nSPS) is 26.6. The zero-order valence-electron chi connectivity index (χ0n) is 9.26. The van der Waals surface area contributed by atoms with Crippen LogP contribution < -0.4 is 0 Å². The zero-order chi connectivity index (χ0) is 12.4. The summed E-state index contributed by atoms with van der Waals surface area (Å²) in [4.78, 5) is 15.0. The van der Waals surface area contributed by atoms with Gasteiger partial charge in [0.15, 0.2) is 0 Å². The van der Waals surface area contributed by atoms with Crippen LogP contribution in [0.5, 0.6) is 0 Å². The average Bonchev–Trinajstić information content (AvgIpc) is 2.29. The van der Waals surface area contributed by atoms with Gasteiger partial charge in [0, 0.05) is 11.8 Å². The molecule has 4 nitrogen and oxygen atoms in total. The lowest BCUT2D eigenvalue weighted by Gasteiger charge is -2.29. The molecule has 0 saturated carbocycles. The van der Waals surface area contributed by atoms with E-state index in [4.69, 9.17) is 21.4 Å². The second-order valence-electron chi connectivity index (χ2n) is 3.73. The molecule has 1 aliphatic heterocycles. The Labute approximate surface area is 104 Å². The van der Waals surface area contributed by atoms with Crippen molar-refractivity contribution in [2.24, 2.45) is 16.8 Å². The molecular weight excluding hydrogens is 242 g/mol. The number of carboxylic acids is 1. The van der Waals surface area contributed by atoms with Crippen molar-refractivity contribution >= 4 is 23.3 Å². The second kappa shape index (κ2) is 4.75. The highest BCUT2D eigenvalue weighted by atomic mass is 35.5. The van der Waals surface area contributed by atoms with Crippen molar-refractivity contribution in [3.63, 3.8) is 0 Å². The van der Waals surface area contributed by atoms with Gasteiger partial charge < -0.3 is 9.84 Å². The number of allylic oxidation sites excluding steroid dienone is 4. The molecule has 1 heterocycles. The van der Waals surface area contributed by atoms with Gasteiger partial charge in [-0.25, -0.2) is 9.79 Å². The maximum absolute atomic E-state index is 11.1. The minimum atomic E-state index is -1.05. The molecule has 1 N–H and O–H groups in total. The van der Waals surface area contributed by atoms with Crippen LogP contribution in [0.2, 0.25) is 0 Å². The fourth-order valence-electron chi connectivity index (χ4n) is 2.00. The van der Waals surface area contributed by atoms with E-state index in [0.29, 0.717) is 6.61 Å². The minimum Gasteiger partial charge on any atom is -0.498 e. The molecular formula is C12H12ClNO3. The monoisotopic (exact) mass is 253 g/mol. The smallest absolute Gasteiger partial charge is 0.350 e. The summed E-state index contributed by atoms with van der Waals surface area (Å²) >= 11 is 5.84. The maximum Gasteiger partial charge on any atom is 0.350 e. The summed E-state index contributed by atoms with van der Waals surface area (Å²) in [6.45, 7) is 2.42. The highest BCUT2D eigenvalue weighted by Crippen LogP contribution is 2.35. The molecule has 2 atom stereocenters. The molecule has 2 rings (SSSR count). The Balaban J connectivity index is 2.36. The third-order valence-corrected chi connectivity index (χ3v) is 2.90. The predicted molar refractivity (Wildman–Crippen MR) is 64.8 cm³/mol. The van der Waals surface area contributed by atoms with E-state index < -0.39 is 5.97 Å². The number of halogens is 1. The molecule has 0 aromatic heterocycles. The summed E-state index contributed by atoms with van der Waals surface area (Å²) in [6, 6.07) is 0. The summed E-state index contributed by atoms with van der Waals surface area (Å²) < 4.78 is 5.49. The standard InChI is InChI=1S/C12H12ClNO3/c1-2-17-9-5-3-4-7-8(9)6-10(13)14-11(7)12(15)16/h3-8H,2H2,1H3,(H,15,16). The molecule has 0 spiro atoms. The Morgan fingerprint density at radius 1 is 1.59 bits per heavy atom. The third-order valence-electron chi connectivity index (χ3n) is 2.68. The molecule has 0 radical (unpaired) electrons. The summed E-state index contributed by atoms with van der Waals surface area (Å²) in [7, 11) is 0. The van der Waals surface area contributed by atoms with Crippen molar-refractivity contribution < 1.29 is 14.6 Å². The van der Waals surface area contributed by atoms with Crippen LogP contribution in [0.3, 0.4) is 0 Å². The van der Waals surface area contributed by atoms with E-state index in [0.717, 1.165) is 5.76 Å². The van der Waals surface area contributed by atoms with Gasteiger partial charge in [-0.2, -0.15) is 0 Å². The van der Waals surface area contributed by atoms with Crippen molar-refractivity contribution in [3.05, 3.63) is 35.2 Å². The largest absolute Gasteiger partial charge is 0.498 e. The van der Waals surface area contributed by atoms with E-state index in [-0.39, 0.29) is 22.7 Å². The van der Waals surface area contributed by atoms with Crippen molar-refractivity contribution in [2.75, 3.05) is 6.61 Å². The van der Waals surface area contributed by atoms with E-state index in [2.05, 4.69) is 4.99 Å². The number of aliphatic imine (C=N–C) groups is 1. The first-order valence-electron chi connectivity index (χ1n) is 5.34. The quantitative estimate of drug-likeness (QED) is 0.786. The van der Waals surface area contributed by atoms with Crippen LogP contribution in [-0.2, 0) is 9.53 Å². The van der Waals surface area contributed by atoms with E-state index in [1.54, 1.807) is 18.2 Å². The predicted octanol–water partition coefficient (Wildman–Crippen LogP) is 2.33. The van der Waals surface area contributed by atoms with Gasteiger partial charge in [-0.1, -0.05) is 23.8 Å². The lowest BCUT2D eigenvalue weighted by atomic mass is 9.82. The molecule has 90 valence electrons. The number of hydrogen-bond donors (Lipinski definition) is 1. The maximum atomic E-state index is 11.1. The summed E-state index contributed by atoms with van der Waals surface area (Å²) in [5.41, 5.74) is 0.0593. The van der Waals surface area contributed by atoms with Gasteiger partial charge >= 0.3 is 5.97 Å². The van der Waals surface area contributed by atoms with E-state index in [1.165, 1.54) is 0 Å². The molecule has 5 heteroatoms. The number of fused-ring (bicyclic) bond motifs is 1. The molecule has 0 bridgehead atoms. The first-order valence-corrected chi connectivity index (χ1v) is 5.71. The van der Waals surface area contributed by atoms with Crippen molar-refractivity contribution in [1.29, 1.82) is 0 Å². The lowest BCUT2D eigenvalue weighted by molar-refractivity contribution is -0.129. The second-order valence-corrected chi connectivity index (χ2v) is 4.12. The summed E-state index contributed by atoms with van der Waals surface area (Å²) in [5.74, 6) is -0.793. The van der Waals surface area contributed by atoms with Gasteiger partial charge in [0.05, 0.1) is 6.61 Å². The van der Waals surface area contributed by atoms with E-state index in [1.807, 2.05) is 13.0 Å². The van der Waals surface area contributed by atoms with Crippen LogP contribution in [0, 0.1) is 11.8 Å². The Kier molecular flexibility index (Phi) is 3.33. The first kappa shape index (κ1) is 11.9. The van der Waals surface area contributed by atoms with E-state index >= 15 is 0 Å². The van der Waals surface area contributed by atoms with Gasteiger partial charge in [-0.3, -0.25) is 0 Å². The number of aliphatic carboxylic acids is 1. The van der Waals surface area contributed by atoms with Crippen LogP contribution in [-0.4, -0.2) is 23.4 Å². The Hall–Kier alpha value is -1.55.